The van der Waals surface area contributed by atoms with Crippen molar-refractivity contribution in [3.8, 4) is 11.8 Å². The predicted molar refractivity (Wildman–Crippen MR) is 80.5 cm³/mol. The lowest BCUT2D eigenvalue weighted by Crippen LogP contribution is -2.31. The van der Waals surface area contributed by atoms with Crippen LogP contribution in [0.15, 0.2) is 23.1 Å². The molecule has 0 bridgehead atoms. The zero-order valence-corrected chi connectivity index (χ0v) is 13.2. The van der Waals surface area contributed by atoms with Crippen LogP contribution in [0.1, 0.15) is 5.56 Å². The monoisotopic (exact) mass is 351 g/mol. The minimum Gasteiger partial charge on any atom is -0.320 e. The number of primary sulfonamides is 1. The van der Waals surface area contributed by atoms with Gasteiger partial charge < -0.3 is 5.73 Å². The Labute approximate surface area is 128 Å². The second kappa shape index (κ2) is 7.22. The van der Waals surface area contributed by atoms with Gasteiger partial charge in [-0.2, -0.15) is 0 Å². The summed E-state index contributed by atoms with van der Waals surface area (Å²) in [5.41, 5.74) is 5.75. The Morgan fingerprint density at radius 3 is 2.43 bits per heavy atom. The first-order valence-electron chi connectivity index (χ1n) is 5.64. The lowest BCUT2D eigenvalue weighted by Gasteiger charge is -2.08. The van der Waals surface area contributed by atoms with E-state index < -0.39 is 25.8 Å². The van der Waals surface area contributed by atoms with Crippen molar-refractivity contribution >= 4 is 31.6 Å². The van der Waals surface area contributed by atoms with Crippen LogP contribution in [0.25, 0.3) is 0 Å². The molecule has 0 fully saturated rings. The van der Waals surface area contributed by atoms with Gasteiger partial charge in [-0.05, 0) is 18.2 Å². The fourth-order valence-electron chi connectivity index (χ4n) is 1.35. The first kappa shape index (κ1) is 17.9. The summed E-state index contributed by atoms with van der Waals surface area (Å²) in [4.78, 5) is -0.170. The number of nitrogens with one attached hydrogen (secondary N) is 1. The molecule has 0 saturated carbocycles. The first-order chi connectivity index (χ1) is 9.65. The van der Waals surface area contributed by atoms with E-state index in [0.29, 0.717) is 5.56 Å². The van der Waals surface area contributed by atoms with E-state index >= 15 is 0 Å². The second-order valence-electron chi connectivity index (χ2n) is 3.92. The molecule has 1 aromatic carbocycles. The van der Waals surface area contributed by atoms with Crippen molar-refractivity contribution in [2.24, 2.45) is 10.9 Å². The highest BCUT2D eigenvalue weighted by Crippen LogP contribution is 2.22. The highest BCUT2D eigenvalue weighted by Gasteiger charge is 2.18. The Bertz CT molecular complexity index is 779. The Balaban J connectivity index is 2.94. The maximum atomic E-state index is 12.0. The van der Waals surface area contributed by atoms with Crippen molar-refractivity contribution in [2.75, 3.05) is 18.8 Å². The number of benzene rings is 1. The summed E-state index contributed by atoms with van der Waals surface area (Å²) < 4.78 is 47.6. The molecule has 116 valence electrons. The molecule has 0 atom stereocenters. The Hall–Kier alpha value is -1.15. The highest BCUT2D eigenvalue weighted by molar-refractivity contribution is 7.90. The summed E-state index contributed by atoms with van der Waals surface area (Å²) in [7, 11) is -7.67. The topological polar surface area (TPSA) is 132 Å². The minimum absolute atomic E-state index is 0.0260. The molecule has 1 rings (SSSR count). The molecule has 0 spiro atoms. The number of nitrogens with two attached hydrogens (primary N) is 2. The van der Waals surface area contributed by atoms with Crippen LogP contribution in [0.3, 0.4) is 0 Å². The molecule has 0 amide bonds. The maximum absolute atomic E-state index is 12.0. The molecule has 0 heterocycles. The standard InChI is InChI=1S/C11H14ClN3O4S2/c12-10-8-9(2-1-5-13)3-4-11(10)21(18,19)15-6-7-20(14,16)17/h3-4,8,15H,5-7,13H2,(H2,14,16,17). The second-order valence-corrected chi connectivity index (χ2v) is 7.79. The van der Waals surface area contributed by atoms with Crippen LogP contribution in [0.2, 0.25) is 5.02 Å². The summed E-state index contributed by atoms with van der Waals surface area (Å²) in [6, 6.07) is 4.14. The lowest BCUT2D eigenvalue weighted by atomic mass is 10.2. The lowest BCUT2D eigenvalue weighted by molar-refractivity contribution is 0.581. The number of sulfonamides is 2. The molecular formula is C11H14ClN3O4S2. The van der Waals surface area contributed by atoms with Gasteiger partial charge in [0.2, 0.25) is 20.0 Å². The predicted octanol–water partition coefficient (Wildman–Crippen LogP) is -0.783. The zero-order valence-electron chi connectivity index (χ0n) is 10.8. The number of rotatable bonds is 5. The maximum Gasteiger partial charge on any atom is 0.242 e. The van der Waals surface area contributed by atoms with Gasteiger partial charge in [0.1, 0.15) is 4.90 Å². The molecule has 0 aliphatic rings. The average Bonchev–Trinajstić information content (AvgIpc) is 2.34. The van der Waals surface area contributed by atoms with E-state index in [1.165, 1.54) is 18.2 Å². The average molecular weight is 352 g/mol. The molecule has 7 nitrogen and oxygen atoms in total. The Morgan fingerprint density at radius 2 is 1.90 bits per heavy atom. The fraction of sp³-hybridized carbons (Fsp3) is 0.273. The molecule has 0 saturated heterocycles. The number of hydrogen-bond acceptors (Lipinski definition) is 5. The third-order valence-corrected chi connectivity index (χ3v) is 4.95. The van der Waals surface area contributed by atoms with Gasteiger partial charge in [-0.25, -0.2) is 26.7 Å². The fourth-order valence-corrected chi connectivity index (χ4v) is 3.44. The number of halogens is 1. The van der Waals surface area contributed by atoms with Crippen molar-refractivity contribution in [1.82, 2.24) is 4.72 Å². The van der Waals surface area contributed by atoms with Crippen molar-refractivity contribution in [3.05, 3.63) is 28.8 Å². The largest absolute Gasteiger partial charge is 0.320 e. The third-order valence-electron chi connectivity index (χ3n) is 2.23. The molecular weight excluding hydrogens is 338 g/mol. The van der Waals surface area contributed by atoms with E-state index in [4.69, 9.17) is 22.5 Å². The van der Waals surface area contributed by atoms with Crippen molar-refractivity contribution < 1.29 is 16.8 Å². The normalized spacial score (nSPS) is 11.8. The SMILES string of the molecule is NCC#Cc1ccc(S(=O)(=O)NCCS(N)(=O)=O)c(Cl)c1. The van der Waals surface area contributed by atoms with Gasteiger partial charge in [-0.1, -0.05) is 23.4 Å². The summed E-state index contributed by atoms with van der Waals surface area (Å²) in [6.07, 6.45) is 0. The van der Waals surface area contributed by atoms with Crippen LogP contribution in [-0.2, 0) is 20.0 Å². The molecule has 0 aromatic heterocycles. The van der Waals surface area contributed by atoms with E-state index in [9.17, 15) is 16.8 Å². The van der Waals surface area contributed by atoms with Crippen LogP contribution in [0.5, 0.6) is 0 Å². The van der Waals surface area contributed by atoms with Crippen molar-refractivity contribution in [2.45, 2.75) is 4.90 Å². The van der Waals surface area contributed by atoms with E-state index in [-0.39, 0.29) is 23.0 Å². The molecule has 21 heavy (non-hydrogen) atoms. The van der Waals surface area contributed by atoms with Gasteiger partial charge >= 0.3 is 0 Å². The Morgan fingerprint density at radius 1 is 1.24 bits per heavy atom. The smallest absolute Gasteiger partial charge is 0.242 e. The van der Waals surface area contributed by atoms with Crippen LogP contribution < -0.4 is 15.6 Å². The molecule has 0 unspecified atom stereocenters. The van der Waals surface area contributed by atoms with E-state index in [2.05, 4.69) is 16.6 Å². The van der Waals surface area contributed by atoms with Crippen molar-refractivity contribution in [1.29, 1.82) is 0 Å². The van der Waals surface area contributed by atoms with Gasteiger partial charge in [-0.3, -0.25) is 0 Å². The van der Waals surface area contributed by atoms with E-state index in [1.54, 1.807) is 0 Å². The van der Waals surface area contributed by atoms with Gasteiger partial charge in [-0.15, -0.1) is 0 Å². The summed E-state index contributed by atoms with van der Waals surface area (Å²) >= 11 is 5.90. The van der Waals surface area contributed by atoms with E-state index in [0.717, 1.165) is 0 Å². The first-order valence-corrected chi connectivity index (χ1v) is 9.22. The highest BCUT2D eigenvalue weighted by atomic mass is 35.5. The van der Waals surface area contributed by atoms with Crippen molar-refractivity contribution in [3.63, 3.8) is 0 Å². The van der Waals surface area contributed by atoms with Crippen LogP contribution in [0.4, 0.5) is 0 Å². The van der Waals surface area contributed by atoms with Gasteiger partial charge in [0.15, 0.2) is 0 Å². The Kier molecular flexibility index (Phi) is 6.15. The molecule has 5 N–H and O–H groups in total. The minimum atomic E-state index is -3.93. The molecule has 0 aliphatic carbocycles. The van der Waals surface area contributed by atoms with Gasteiger partial charge in [0.05, 0.1) is 17.3 Å². The summed E-state index contributed by atoms with van der Waals surface area (Å²) in [5, 5.41) is 4.76. The summed E-state index contributed by atoms with van der Waals surface area (Å²) in [6.45, 7) is -0.168. The van der Waals surface area contributed by atoms with Gasteiger partial charge in [0.25, 0.3) is 0 Å². The number of hydrogen-bond donors (Lipinski definition) is 3. The van der Waals surface area contributed by atoms with Crippen LogP contribution in [-0.4, -0.2) is 35.7 Å². The molecule has 0 radical (unpaired) electrons. The van der Waals surface area contributed by atoms with E-state index in [1.807, 2.05) is 0 Å². The molecule has 10 heteroatoms. The van der Waals surface area contributed by atoms with Gasteiger partial charge in [0, 0.05) is 12.1 Å². The summed E-state index contributed by atoms with van der Waals surface area (Å²) in [5.74, 6) is 4.82. The zero-order chi connectivity index (χ0) is 16.1. The van der Waals surface area contributed by atoms with Crippen LogP contribution >= 0.6 is 11.6 Å². The molecule has 1 aromatic rings. The molecule has 0 aliphatic heterocycles. The quantitative estimate of drug-likeness (QED) is 0.598. The third kappa shape index (κ3) is 6.01. The van der Waals surface area contributed by atoms with Crippen LogP contribution in [0, 0.1) is 11.8 Å².